The summed E-state index contributed by atoms with van der Waals surface area (Å²) < 4.78 is 0. The maximum Gasteiger partial charge on any atom is -0.0582 e. The van der Waals surface area contributed by atoms with Crippen molar-refractivity contribution in [3.63, 3.8) is 0 Å². The first-order chi connectivity index (χ1) is 1.89. The van der Waals surface area contributed by atoms with Gasteiger partial charge in [-0.05, 0) is 0 Å². The zero-order chi connectivity index (χ0) is 2.99. The highest BCUT2D eigenvalue weighted by Gasteiger charge is 2.01. The first-order valence-corrected chi connectivity index (χ1v) is 4.41. The van der Waals surface area contributed by atoms with Gasteiger partial charge in [-0.3, -0.25) is 7.61 Å². The minimum absolute atomic E-state index is 0.435. The molecule has 0 nitrogen and oxygen atoms in total. The van der Waals surface area contributed by atoms with Crippen LogP contribution in [0.5, 0.6) is 0 Å². The normalized spacial score (nSPS) is 26.2. The van der Waals surface area contributed by atoms with Crippen LogP contribution in [0.4, 0.5) is 0 Å². The topological polar surface area (TPSA) is 0 Å². The van der Waals surface area contributed by atoms with Gasteiger partial charge in [-0.1, -0.05) is 12.3 Å². The molecule has 0 bridgehead atoms. The quantitative estimate of drug-likeness (QED) is 0.396. The molecule has 0 amide bonds. The second kappa shape index (κ2) is 0.919. The van der Waals surface area contributed by atoms with E-state index in [0.29, 0.717) is 7.61 Å². The van der Waals surface area contributed by atoms with E-state index in [-0.39, 0.29) is 0 Å². The lowest BCUT2D eigenvalue weighted by molar-refractivity contribution is 1.75. The molecule has 0 aromatic rings. The van der Waals surface area contributed by atoms with Crippen LogP contribution in [-0.2, 0) is 0 Å². The Bertz CT molecular complexity index is 23.2. The highest BCUT2D eigenvalue weighted by Crippen LogP contribution is 2.57. The second-order valence-electron chi connectivity index (χ2n) is 0.987. The molecule has 24 valence electrons. The van der Waals surface area contributed by atoms with Crippen LogP contribution in [0.3, 0.4) is 0 Å². The summed E-state index contributed by atoms with van der Waals surface area (Å²) >= 11 is 0. The summed E-state index contributed by atoms with van der Waals surface area (Å²) in [6, 6.07) is 0. The molecule has 0 radical (unpaired) electrons. The third-order valence-electron chi connectivity index (χ3n) is 0.447. The van der Waals surface area contributed by atoms with Crippen molar-refractivity contribution in [1.82, 2.24) is 0 Å². The van der Waals surface area contributed by atoms with Gasteiger partial charge in [-0.25, -0.2) is 0 Å². The van der Waals surface area contributed by atoms with E-state index in [0.717, 1.165) is 0 Å². The van der Waals surface area contributed by atoms with Crippen molar-refractivity contribution >= 4 is 16.5 Å². The van der Waals surface area contributed by atoms with Crippen molar-refractivity contribution < 1.29 is 0 Å². The molecular formula is C2H5P2-. The van der Waals surface area contributed by atoms with Crippen molar-refractivity contribution in [3.05, 3.63) is 0 Å². The van der Waals surface area contributed by atoms with Gasteiger partial charge in [0.05, 0.1) is 0 Å². The predicted molar refractivity (Wildman–Crippen MR) is 25.0 cm³/mol. The van der Waals surface area contributed by atoms with Crippen molar-refractivity contribution in [2.75, 3.05) is 12.3 Å². The lowest BCUT2D eigenvalue weighted by Gasteiger charge is -1.79. The molecule has 1 heterocycles. The fourth-order valence-corrected chi connectivity index (χ4v) is 1.35. The Labute approximate surface area is 29.8 Å². The van der Waals surface area contributed by atoms with Crippen LogP contribution in [0.1, 0.15) is 0 Å². The molecule has 0 unspecified atom stereocenters. The summed E-state index contributed by atoms with van der Waals surface area (Å²) in [5.74, 6) is 0. The summed E-state index contributed by atoms with van der Waals surface area (Å²) in [6.45, 7) is 0. The summed E-state index contributed by atoms with van der Waals surface area (Å²) in [7, 11) is 3.92. The third-order valence-corrected chi connectivity index (χ3v) is 2.68. The van der Waals surface area contributed by atoms with Gasteiger partial charge < -0.3 is 8.93 Å². The molecule has 0 atom stereocenters. The Balaban J connectivity index is 2.17. The minimum Gasteiger partial charge on any atom is -0.526 e. The largest absolute Gasteiger partial charge is 0.526 e. The number of hydrogen-bond acceptors (Lipinski definition) is 0. The average molecular weight is 91.0 g/mol. The molecule has 1 aliphatic rings. The van der Waals surface area contributed by atoms with Gasteiger partial charge in [-0.2, -0.15) is 0 Å². The standard InChI is InChI=1S/C2H5P2/c3-4-1-2-4/h3H,1-2H2/q-1. The van der Waals surface area contributed by atoms with Crippen molar-refractivity contribution in [2.24, 2.45) is 0 Å². The molecule has 1 fully saturated rings. The summed E-state index contributed by atoms with van der Waals surface area (Å²) in [5, 5.41) is 0. The Morgan fingerprint density at radius 3 is 1.75 bits per heavy atom. The van der Waals surface area contributed by atoms with Gasteiger partial charge in [0.2, 0.25) is 0 Å². The summed E-state index contributed by atoms with van der Waals surface area (Å²) in [5.41, 5.74) is 0. The lowest BCUT2D eigenvalue weighted by Crippen LogP contribution is -1.20. The summed E-state index contributed by atoms with van der Waals surface area (Å²) in [6.07, 6.45) is 2.93. The van der Waals surface area contributed by atoms with Crippen LogP contribution in [0.2, 0.25) is 0 Å². The summed E-state index contributed by atoms with van der Waals surface area (Å²) in [4.78, 5) is 0. The van der Waals surface area contributed by atoms with Crippen molar-refractivity contribution in [1.29, 1.82) is 0 Å². The lowest BCUT2D eigenvalue weighted by atomic mass is 11.0. The van der Waals surface area contributed by atoms with Gasteiger partial charge >= 0.3 is 0 Å². The molecule has 0 aliphatic carbocycles. The fraction of sp³-hybridized carbons (Fsp3) is 1.00. The van der Waals surface area contributed by atoms with E-state index in [1.165, 1.54) is 12.3 Å². The van der Waals surface area contributed by atoms with Crippen LogP contribution in [0.25, 0.3) is 0 Å². The molecule has 1 rings (SSSR count). The molecule has 2 heteroatoms. The van der Waals surface area contributed by atoms with Gasteiger partial charge in [0, 0.05) is 0 Å². The predicted octanol–water partition coefficient (Wildman–Crippen LogP) is 1.54. The van der Waals surface area contributed by atoms with Gasteiger partial charge in [-0.15, -0.1) is 0 Å². The number of rotatable bonds is 0. The van der Waals surface area contributed by atoms with Gasteiger partial charge in [0.1, 0.15) is 0 Å². The van der Waals surface area contributed by atoms with E-state index in [4.69, 9.17) is 0 Å². The van der Waals surface area contributed by atoms with Gasteiger partial charge in [0.15, 0.2) is 0 Å². The molecule has 0 aromatic carbocycles. The Kier molecular flexibility index (Phi) is 0.705. The highest BCUT2D eigenvalue weighted by molar-refractivity contribution is 8.17. The Hall–Kier alpha value is 0.860. The van der Waals surface area contributed by atoms with Crippen LogP contribution in [-0.4, -0.2) is 12.3 Å². The average Bonchev–Trinajstić information content (AvgIpc) is 1.75. The zero-order valence-electron chi connectivity index (χ0n) is 2.36. The first kappa shape index (κ1) is 3.07. The minimum atomic E-state index is 0.435. The van der Waals surface area contributed by atoms with Crippen LogP contribution >= 0.6 is 16.5 Å². The van der Waals surface area contributed by atoms with E-state index in [2.05, 4.69) is 8.93 Å². The van der Waals surface area contributed by atoms with Crippen LogP contribution in [0.15, 0.2) is 0 Å². The maximum atomic E-state index is 3.49. The van der Waals surface area contributed by atoms with E-state index in [1.807, 2.05) is 0 Å². The molecule has 1 saturated heterocycles. The van der Waals surface area contributed by atoms with Crippen LogP contribution < -0.4 is 0 Å². The SMILES string of the molecule is [PH-]P1CC1. The Morgan fingerprint density at radius 1 is 1.50 bits per heavy atom. The molecule has 0 aromatic heterocycles. The number of hydrogen-bond donors (Lipinski definition) is 0. The molecule has 0 saturated carbocycles. The Morgan fingerprint density at radius 2 is 1.75 bits per heavy atom. The maximum absolute atomic E-state index is 3.49. The smallest absolute Gasteiger partial charge is 0.0582 e. The van der Waals surface area contributed by atoms with E-state index in [1.54, 1.807) is 0 Å². The second-order valence-corrected chi connectivity index (χ2v) is 4.86. The van der Waals surface area contributed by atoms with Gasteiger partial charge in [0.25, 0.3) is 0 Å². The van der Waals surface area contributed by atoms with E-state index >= 15 is 0 Å². The zero-order valence-corrected chi connectivity index (χ0v) is 4.26. The molecule has 0 spiro atoms. The fourth-order valence-electron chi connectivity index (χ4n) is 0.0500. The van der Waals surface area contributed by atoms with E-state index in [9.17, 15) is 0 Å². The first-order valence-electron chi connectivity index (χ1n) is 1.36. The van der Waals surface area contributed by atoms with Crippen molar-refractivity contribution in [2.45, 2.75) is 0 Å². The molecule has 1 aliphatic heterocycles. The molecule has 0 N–H and O–H groups in total. The van der Waals surface area contributed by atoms with E-state index < -0.39 is 0 Å². The monoisotopic (exact) mass is 91.0 g/mol. The third kappa shape index (κ3) is 0.664. The van der Waals surface area contributed by atoms with Crippen molar-refractivity contribution in [3.8, 4) is 0 Å². The molecule has 4 heavy (non-hydrogen) atoms. The molecular weight excluding hydrogens is 86.0 g/mol. The van der Waals surface area contributed by atoms with Crippen LogP contribution in [0, 0.1) is 0 Å². The highest BCUT2D eigenvalue weighted by atomic mass is 32.0.